The lowest BCUT2D eigenvalue weighted by atomic mass is 9.97. The van der Waals surface area contributed by atoms with Crippen LogP contribution in [0.2, 0.25) is 0 Å². The summed E-state index contributed by atoms with van der Waals surface area (Å²) >= 11 is 5.93. The number of nitrogens with zero attached hydrogens (tertiary/aromatic N) is 5. The van der Waals surface area contributed by atoms with Gasteiger partial charge in [0.25, 0.3) is 11.4 Å². The lowest BCUT2D eigenvalue weighted by molar-refractivity contribution is -0.385. The van der Waals surface area contributed by atoms with E-state index in [4.69, 9.17) is 12.2 Å². The number of nitro benzene ring substituents is 2. The molecule has 1 aromatic heterocycles. The summed E-state index contributed by atoms with van der Waals surface area (Å²) in [6.45, 7) is 5.45. The highest BCUT2D eigenvalue weighted by molar-refractivity contribution is 7.80. The van der Waals surface area contributed by atoms with Crippen LogP contribution in [0.15, 0.2) is 104 Å². The number of hydrogen-bond donors (Lipinski definition) is 2. The van der Waals surface area contributed by atoms with E-state index >= 15 is 0 Å². The van der Waals surface area contributed by atoms with Crippen LogP contribution in [0.1, 0.15) is 37.1 Å². The Hall–Kier alpha value is -5.69. The molecule has 1 heterocycles. The van der Waals surface area contributed by atoms with Gasteiger partial charge < -0.3 is 20.1 Å². The molecule has 0 radical (unpaired) electrons. The van der Waals surface area contributed by atoms with Gasteiger partial charge in [-0.25, -0.2) is 4.98 Å². The fourth-order valence-electron chi connectivity index (χ4n) is 5.59. The number of imidazole rings is 1. The third-order valence-electron chi connectivity index (χ3n) is 8.59. The van der Waals surface area contributed by atoms with Crippen molar-refractivity contribution in [2.75, 3.05) is 11.9 Å². The molecule has 0 aliphatic rings. The summed E-state index contributed by atoms with van der Waals surface area (Å²) in [5.41, 5.74) is 3.24. The third-order valence-corrected chi connectivity index (χ3v) is 8.95. The fraction of sp³-hybridized carbons (Fsp3) is 0.250. The molecule has 5 rings (SSSR count). The number of hydrogen-bond acceptors (Lipinski definition) is 7. The minimum atomic E-state index is -0.447. The molecule has 0 saturated heterocycles. The van der Waals surface area contributed by atoms with Crippen LogP contribution in [0.3, 0.4) is 0 Å². The molecule has 2 N–H and O–H groups in total. The number of aromatic nitrogens is 2. The van der Waals surface area contributed by atoms with Gasteiger partial charge in [-0.15, -0.1) is 0 Å². The first-order chi connectivity index (χ1) is 23.6. The summed E-state index contributed by atoms with van der Waals surface area (Å²) in [6.07, 6.45) is 4.20. The predicted octanol–water partition coefficient (Wildman–Crippen LogP) is 6.87. The summed E-state index contributed by atoms with van der Waals surface area (Å²) < 4.78 is 1.86. The number of anilines is 1. The Morgan fingerprint density at radius 1 is 0.939 bits per heavy atom. The molecule has 2 atom stereocenters. The van der Waals surface area contributed by atoms with E-state index in [1.165, 1.54) is 24.3 Å². The van der Waals surface area contributed by atoms with Crippen molar-refractivity contribution in [1.29, 1.82) is 0 Å². The number of rotatable bonds is 14. The second-order valence-electron chi connectivity index (χ2n) is 11.9. The zero-order chi connectivity index (χ0) is 34.9. The summed E-state index contributed by atoms with van der Waals surface area (Å²) in [7, 11) is 0. The van der Waals surface area contributed by atoms with Crippen LogP contribution in [-0.4, -0.2) is 47.9 Å². The predicted molar refractivity (Wildman–Crippen MR) is 193 cm³/mol. The largest absolute Gasteiger partial charge is 0.351 e. The maximum Gasteiger partial charge on any atom is 0.269 e. The molecule has 1 amide bonds. The minimum absolute atomic E-state index is 0.0157. The molecule has 49 heavy (non-hydrogen) atoms. The number of amides is 1. The Kier molecular flexibility index (Phi) is 11.3. The molecule has 252 valence electrons. The van der Waals surface area contributed by atoms with Gasteiger partial charge in [0.1, 0.15) is 0 Å². The highest BCUT2D eigenvalue weighted by atomic mass is 32.1. The summed E-state index contributed by atoms with van der Waals surface area (Å²) in [4.78, 5) is 41.2. The smallest absolute Gasteiger partial charge is 0.269 e. The van der Waals surface area contributed by atoms with Crippen molar-refractivity contribution in [1.82, 2.24) is 19.8 Å². The quantitative estimate of drug-likeness (QED) is 0.0728. The van der Waals surface area contributed by atoms with Gasteiger partial charge in [0, 0.05) is 67.5 Å². The first kappa shape index (κ1) is 34.6. The van der Waals surface area contributed by atoms with Crippen LogP contribution in [-0.2, 0) is 24.3 Å². The van der Waals surface area contributed by atoms with Gasteiger partial charge in [-0.1, -0.05) is 74.9 Å². The van der Waals surface area contributed by atoms with Gasteiger partial charge >= 0.3 is 0 Å². The normalized spacial score (nSPS) is 12.2. The minimum Gasteiger partial charge on any atom is -0.351 e. The third kappa shape index (κ3) is 9.02. The Balaban J connectivity index is 1.34. The number of thiocarbonyl (C=S) groups is 1. The second kappa shape index (κ2) is 15.9. The van der Waals surface area contributed by atoms with Crippen LogP contribution < -0.4 is 10.6 Å². The molecular weight excluding hydrogens is 643 g/mol. The Labute approximate surface area is 289 Å². The first-order valence-electron chi connectivity index (χ1n) is 15.9. The zero-order valence-electron chi connectivity index (χ0n) is 27.2. The number of benzene rings is 4. The average Bonchev–Trinajstić information content (AvgIpc) is 3.53. The molecule has 0 fully saturated rings. The number of nitrogens with one attached hydrogen (secondary N) is 2. The second-order valence-corrected chi connectivity index (χ2v) is 12.3. The monoisotopic (exact) mass is 679 g/mol. The van der Waals surface area contributed by atoms with Crippen molar-refractivity contribution >= 4 is 51.1 Å². The number of nitro groups is 2. The molecule has 0 saturated carbocycles. The van der Waals surface area contributed by atoms with Crippen LogP contribution in [0, 0.1) is 26.1 Å². The van der Waals surface area contributed by atoms with E-state index in [2.05, 4.69) is 53.7 Å². The Morgan fingerprint density at radius 2 is 1.59 bits per heavy atom. The SMILES string of the molecule is CC[C@H](C)[C@@H](CN(Cc1cccc2ccccc12)C(=S)Nc1ccc([N+](=O)[O-])cc1)NC(=O)Cc1cncn1Cc1ccc([N+](=O)[O-])cc1. The van der Waals surface area contributed by atoms with Crippen molar-refractivity contribution in [3.63, 3.8) is 0 Å². The van der Waals surface area contributed by atoms with Crippen LogP contribution in [0.25, 0.3) is 10.8 Å². The standard InChI is InChI=1S/C36H37N7O5S/c1-3-25(2)34(39-35(44)19-32-20-37-24-41(32)21-26-11-15-30(16-12-26)42(45)46)23-40(22-28-9-6-8-27-7-4-5-10-33(27)28)36(49)38-29-13-17-31(18-14-29)43(47)48/h4-18,20,24-25,34H,3,19,21-23H2,1-2H3,(H,38,49)(H,39,44)/t25-,34+/m0/s1. The fourth-order valence-corrected chi connectivity index (χ4v) is 5.85. The lowest BCUT2D eigenvalue weighted by Crippen LogP contribution is -2.50. The summed E-state index contributed by atoms with van der Waals surface area (Å²) in [5.74, 6) is -0.0683. The Morgan fingerprint density at radius 3 is 2.27 bits per heavy atom. The maximum absolute atomic E-state index is 13.6. The molecule has 0 bridgehead atoms. The van der Waals surface area contributed by atoms with E-state index < -0.39 is 9.85 Å². The van der Waals surface area contributed by atoms with E-state index in [0.717, 1.165) is 28.3 Å². The van der Waals surface area contributed by atoms with Gasteiger partial charge in [-0.05, 0) is 52.2 Å². The topological polar surface area (TPSA) is 148 Å². The average molecular weight is 680 g/mol. The first-order valence-corrected chi connectivity index (χ1v) is 16.3. The Bertz CT molecular complexity index is 1940. The number of carbonyl (C=O) groups is 1. The molecule has 0 unspecified atom stereocenters. The van der Waals surface area contributed by atoms with Crippen molar-refractivity contribution in [2.24, 2.45) is 5.92 Å². The van der Waals surface area contributed by atoms with Crippen LogP contribution >= 0.6 is 12.2 Å². The van der Waals surface area contributed by atoms with Crippen LogP contribution in [0.4, 0.5) is 17.1 Å². The van der Waals surface area contributed by atoms with Gasteiger partial charge in [-0.2, -0.15) is 0 Å². The number of carbonyl (C=O) groups excluding carboxylic acids is 1. The molecule has 13 heteroatoms. The van der Waals surface area contributed by atoms with E-state index in [0.29, 0.717) is 36.1 Å². The van der Waals surface area contributed by atoms with E-state index in [-0.39, 0.29) is 35.7 Å². The molecular formula is C36H37N7O5S. The van der Waals surface area contributed by atoms with Gasteiger partial charge in [0.2, 0.25) is 5.91 Å². The number of non-ortho nitro benzene ring substituents is 2. The van der Waals surface area contributed by atoms with E-state index in [1.807, 2.05) is 27.7 Å². The van der Waals surface area contributed by atoms with Crippen molar-refractivity contribution in [2.45, 2.75) is 45.8 Å². The number of fused-ring (bicyclic) bond motifs is 1. The van der Waals surface area contributed by atoms with E-state index in [1.54, 1.807) is 36.8 Å². The van der Waals surface area contributed by atoms with Crippen molar-refractivity contribution in [3.8, 4) is 0 Å². The van der Waals surface area contributed by atoms with E-state index in [9.17, 15) is 25.0 Å². The van der Waals surface area contributed by atoms with Gasteiger partial charge in [-0.3, -0.25) is 25.0 Å². The molecule has 0 spiro atoms. The molecule has 0 aliphatic carbocycles. The summed E-state index contributed by atoms with van der Waals surface area (Å²) in [6, 6.07) is 26.4. The van der Waals surface area contributed by atoms with Crippen molar-refractivity contribution < 1.29 is 14.6 Å². The maximum atomic E-state index is 13.6. The van der Waals surface area contributed by atoms with Gasteiger partial charge in [0.15, 0.2) is 5.11 Å². The zero-order valence-corrected chi connectivity index (χ0v) is 28.0. The molecule has 5 aromatic rings. The van der Waals surface area contributed by atoms with Crippen molar-refractivity contribution in [3.05, 3.63) is 141 Å². The van der Waals surface area contributed by atoms with Gasteiger partial charge in [0.05, 0.1) is 22.6 Å². The molecule has 0 aliphatic heterocycles. The molecule has 12 nitrogen and oxygen atoms in total. The lowest BCUT2D eigenvalue weighted by Gasteiger charge is -2.33. The van der Waals surface area contributed by atoms with Crippen LogP contribution in [0.5, 0.6) is 0 Å². The molecule has 4 aromatic carbocycles. The highest BCUT2D eigenvalue weighted by Crippen LogP contribution is 2.23. The summed E-state index contributed by atoms with van der Waals surface area (Å²) in [5, 5.41) is 31.3. The highest BCUT2D eigenvalue weighted by Gasteiger charge is 2.25.